The number of anilines is 2. The number of hydrogen-bond acceptors (Lipinski definition) is 8. The minimum absolute atomic E-state index is 0.0190. The molecule has 0 atom stereocenters. The molecule has 1 aliphatic rings. The number of hydrogen-bond donors (Lipinski definition) is 2. The lowest BCUT2D eigenvalue weighted by Gasteiger charge is -2.25. The molecule has 37 heavy (non-hydrogen) atoms. The van der Waals surface area contributed by atoms with Gasteiger partial charge >= 0.3 is 0 Å². The first-order chi connectivity index (χ1) is 18.6. The quantitative estimate of drug-likeness (QED) is 0.286. The third kappa shape index (κ3) is 4.51. The van der Waals surface area contributed by atoms with E-state index in [-0.39, 0.29) is 6.10 Å². The van der Waals surface area contributed by atoms with Crippen molar-refractivity contribution in [1.82, 2.24) is 15.3 Å². The van der Waals surface area contributed by atoms with Gasteiger partial charge in [-0.15, -0.1) is 0 Å². The number of piperidine rings is 1. The van der Waals surface area contributed by atoms with E-state index in [9.17, 15) is 0 Å². The van der Waals surface area contributed by atoms with E-state index in [0.717, 1.165) is 51.5 Å². The van der Waals surface area contributed by atoms with Gasteiger partial charge in [-0.25, -0.2) is 9.97 Å². The topological polar surface area (TPSA) is 90.7 Å². The molecule has 0 amide bonds. The molecule has 1 aliphatic heterocycles. The van der Waals surface area contributed by atoms with E-state index in [0.29, 0.717) is 36.2 Å². The second-order valence-corrected chi connectivity index (χ2v) is 8.92. The van der Waals surface area contributed by atoms with Crippen LogP contribution < -0.4 is 24.8 Å². The average molecular weight is 498 g/mol. The van der Waals surface area contributed by atoms with E-state index in [1.54, 1.807) is 25.8 Å². The van der Waals surface area contributed by atoms with Gasteiger partial charge in [0.2, 0.25) is 0 Å². The van der Waals surface area contributed by atoms with Gasteiger partial charge < -0.3 is 29.3 Å². The highest BCUT2D eigenvalue weighted by atomic mass is 16.5. The van der Waals surface area contributed by atoms with Crippen LogP contribution in [0.2, 0.25) is 1.41 Å². The normalized spacial score (nSPS) is 15.0. The summed E-state index contributed by atoms with van der Waals surface area (Å²) in [5.41, 5.74) is 4.31. The molecular formula is C29H28N4O4. The summed E-state index contributed by atoms with van der Waals surface area (Å²) in [4.78, 5) is 9.01. The summed E-state index contributed by atoms with van der Waals surface area (Å²) in [5.74, 6) is 2.55. The van der Waals surface area contributed by atoms with Crippen molar-refractivity contribution >= 4 is 33.4 Å². The van der Waals surface area contributed by atoms with Crippen molar-refractivity contribution in [2.45, 2.75) is 18.9 Å². The number of fused-ring (bicyclic) bond motifs is 2. The molecule has 3 aromatic carbocycles. The van der Waals surface area contributed by atoms with Crippen LogP contribution in [0.15, 0.2) is 71.6 Å². The summed E-state index contributed by atoms with van der Waals surface area (Å²) in [7, 11) is 3.27. The Morgan fingerprint density at radius 2 is 1.78 bits per heavy atom. The van der Waals surface area contributed by atoms with Crippen molar-refractivity contribution in [2.24, 2.45) is 0 Å². The summed E-state index contributed by atoms with van der Waals surface area (Å²) in [6.45, 7) is 1.36. The molecule has 0 aliphatic carbocycles. The van der Waals surface area contributed by atoms with E-state index in [1.165, 1.54) is 6.33 Å². The molecule has 0 unspecified atom stereocenters. The predicted molar refractivity (Wildman–Crippen MR) is 144 cm³/mol. The number of ether oxygens (including phenoxy) is 3. The number of para-hydroxylation sites is 1. The largest absolute Gasteiger partial charge is 0.495 e. The van der Waals surface area contributed by atoms with E-state index >= 15 is 0 Å². The van der Waals surface area contributed by atoms with Gasteiger partial charge in [-0.1, -0.05) is 24.3 Å². The third-order valence-corrected chi connectivity index (χ3v) is 6.68. The lowest BCUT2D eigenvalue weighted by atomic mass is 10.0. The summed E-state index contributed by atoms with van der Waals surface area (Å²) in [6, 6.07) is 17.7. The van der Waals surface area contributed by atoms with Gasteiger partial charge in [0, 0.05) is 22.4 Å². The Labute approximate surface area is 216 Å². The first-order valence-corrected chi connectivity index (χ1v) is 12.3. The number of nitrogens with zero attached hydrogens (tertiary/aromatic N) is 2. The Kier molecular flexibility index (Phi) is 5.92. The summed E-state index contributed by atoms with van der Waals surface area (Å²) >= 11 is 0. The number of nitrogens with one attached hydrogen (secondary N) is 2. The zero-order chi connectivity index (χ0) is 26.1. The fourth-order valence-electron chi connectivity index (χ4n) is 4.74. The van der Waals surface area contributed by atoms with Gasteiger partial charge in [-0.05, 0) is 55.8 Å². The monoisotopic (exact) mass is 497 g/mol. The van der Waals surface area contributed by atoms with Crippen molar-refractivity contribution in [3.63, 3.8) is 0 Å². The van der Waals surface area contributed by atoms with Crippen molar-refractivity contribution in [3.8, 4) is 28.4 Å². The van der Waals surface area contributed by atoms with Crippen LogP contribution in [0.3, 0.4) is 0 Å². The standard InChI is InChI=1S/C29H28N4O4/c1-34-26-8-7-18(22-16-36-25-6-4-3-5-20(22)25)13-24(26)33-29-21-14-28(37-19-9-11-30-12-10-19)27(35-2)15-23(21)31-17-32-29/h3-8,13-17,19,30H,9-12H2,1-2H3,(H,31,32,33)/i/hD. The molecule has 5 aromatic rings. The van der Waals surface area contributed by atoms with Gasteiger partial charge in [-0.3, -0.25) is 0 Å². The predicted octanol–water partition coefficient (Wildman–Crippen LogP) is 5.93. The molecule has 1 saturated heterocycles. The number of methoxy groups -OCH3 is 2. The molecule has 6 rings (SSSR count). The molecule has 0 saturated carbocycles. The maximum atomic E-state index is 7.81. The lowest BCUT2D eigenvalue weighted by molar-refractivity contribution is 0.157. The van der Waals surface area contributed by atoms with Gasteiger partial charge in [0.1, 0.15) is 31.0 Å². The first kappa shape index (κ1) is 21.9. The van der Waals surface area contributed by atoms with Crippen LogP contribution in [0.4, 0.5) is 11.5 Å². The Morgan fingerprint density at radius 1 is 0.946 bits per heavy atom. The molecule has 3 heterocycles. The van der Waals surface area contributed by atoms with Crippen molar-refractivity contribution in [3.05, 3.63) is 67.2 Å². The van der Waals surface area contributed by atoms with E-state index in [2.05, 4.69) is 15.3 Å². The van der Waals surface area contributed by atoms with Crippen LogP contribution in [0.25, 0.3) is 33.0 Å². The summed E-state index contributed by atoms with van der Waals surface area (Å²) in [6.07, 6.45) is 4.89. The fourth-order valence-corrected chi connectivity index (χ4v) is 4.74. The van der Waals surface area contributed by atoms with Crippen LogP contribution in [-0.2, 0) is 0 Å². The molecule has 0 spiro atoms. The Bertz CT molecular complexity index is 1600. The molecule has 0 radical (unpaired) electrons. The second kappa shape index (κ2) is 9.99. The summed E-state index contributed by atoms with van der Waals surface area (Å²) < 4.78 is 31.2. The third-order valence-electron chi connectivity index (χ3n) is 6.68. The van der Waals surface area contributed by atoms with Gasteiger partial charge in [-0.2, -0.15) is 0 Å². The first-order valence-electron chi connectivity index (χ1n) is 12.7. The number of aromatic nitrogens is 2. The van der Waals surface area contributed by atoms with Crippen molar-refractivity contribution in [2.75, 3.05) is 32.6 Å². The SMILES string of the molecule is [2H]N1CCC(Oc2cc3c(Nc4cc(-c5coc6ccccc56)ccc4OC)ncnc3cc2OC)CC1. The average Bonchev–Trinajstić information content (AvgIpc) is 3.38. The van der Waals surface area contributed by atoms with Crippen LogP contribution in [0, 0.1) is 0 Å². The smallest absolute Gasteiger partial charge is 0.162 e. The van der Waals surface area contributed by atoms with E-state index in [4.69, 9.17) is 20.0 Å². The molecular weight excluding hydrogens is 468 g/mol. The molecule has 8 heteroatoms. The van der Waals surface area contributed by atoms with Crippen LogP contribution in [0.1, 0.15) is 12.8 Å². The van der Waals surface area contributed by atoms with Gasteiger partial charge in [0.05, 0.1) is 31.7 Å². The molecule has 2 N–H and O–H groups in total. The highest BCUT2D eigenvalue weighted by Gasteiger charge is 2.19. The molecule has 0 bridgehead atoms. The second-order valence-electron chi connectivity index (χ2n) is 8.92. The zero-order valence-electron chi connectivity index (χ0n) is 21.7. The molecule has 8 nitrogen and oxygen atoms in total. The Morgan fingerprint density at radius 3 is 2.62 bits per heavy atom. The lowest BCUT2D eigenvalue weighted by Crippen LogP contribution is -2.34. The van der Waals surface area contributed by atoms with E-state index < -0.39 is 0 Å². The highest BCUT2D eigenvalue weighted by Crippen LogP contribution is 2.39. The van der Waals surface area contributed by atoms with Crippen LogP contribution in [-0.4, -0.2) is 43.4 Å². The Balaban J connectivity index is 1.37. The maximum Gasteiger partial charge on any atom is 0.162 e. The summed E-state index contributed by atoms with van der Waals surface area (Å²) in [5, 5.41) is 6.86. The molecule has 2 aromatic heterocycles. The fraction of sp³-hybridized carbons (Fsp3) is 0.241. The Hall–Kier alpha value is -4.30. The number of benzene rings is 3. The minimum atomic E-state index is 0.0190. The molecule has 188 valence electrons. The zero-order valence-corrected chi connectivity index (χ0v) is 20.7. The van der Waals surface area contributed by atoms with Gasteiger partial charge in [0.25, 0.3) is 0 Å². The van der Waals surface area contributed by atoms with Gasteiger partial charge in [0.15, 0.2) is 11.5 Å². The van der Waals surface area contributed by atoms with Crippen molar-refractivity contribution in [1.29, 1.82) is 0 Å². The van der Waals surface area contributed by atoms with E-state index in [1.807, 2.05) is 54.6 Å². The van der Waals surface area contributed by atoms with Crippen molar-refractivity contribution < 1.29 is 20.0 Å². The van der Waals surface area contributed by atoms with Crippen LogP contribution >= 0.6 is 0 Å². The van der Waals surface area contributed by atoms with Crippen LogP contribution in [0.5, 0.6) is 17.2 Å². The highest BCUT2D eigenvalue weighted by molar-refractivity contribution is 5.96. The number of rotatable bonds is 7. The maximum absolute atomic E-state index is 7.81. The number of furan rings is 1. The minimum Gasteiger partial charge on any atom is -0.495 e. The molecule has 1 fully saturated rings.